The van der Waals surface area contributed by atoms with Crippen LogP contribution in [0.25, 0.3) is 0 Å². The quantitative estimate of drug-likeness (QED) is 0.575. The second kappa shape index (κ2) is 5.87. The van der Waals surface area contributed by atoms with Gasteiger partial charge in [-0.3, -0.25) is 9.78 Å². The molecule has 0 radical (unpaired) electrons. The van der Waals surface area contributed by atoms with E-state index in [9.17, 15) is 9.90 Å². The predicted molar refractivity (Wildman–Crippen MR) is 75.5 cm³/mol. The van der Waals surface area contributed by atoms with Crippen molar-refractivity contribution in [3.63, 3.8) is 0 Å². The maximum absolute atomic E-state index is 11.2. The van der Waals surface area contributed by atoms with E-state index in [0.717, 1.165) is 5.56 Å². The van der Waals surface area contributed by atoms with Crippen molar-refractivity contribution in [2.45, 2.75) is 6.92 Å². The van der Waals surface area contributed by atoms with Gasteiger partial charge in [0.15, 0.2) is 11.5 Å². The molecule has 0 unspecified atom stereocenters. The predicted octanol–water partition coefficient (Wildman–Crippen LogP) is 1.24. The standard InChI is InChI=1S/C13H14N4O3/c1-8-5-12(19)16-13(15-8)17-14-7-9-3-4-10(18)11(6-9)20-2/h3-7,18H,1-2H3,(H2,15,16,17,19)/b14-7-. The number of phenolic OH excluding ortho intramolecular Hbond substituents is 1. The Morgan fingerprint density at radius 1 is 1.45 bits per heavy atom. The summed E-state index contributed by atoms with van der Waals surface area (Å²) in [7, 11) is 1.47. The molecule has 0 fully saturated rings. The maximum Gasteiger partial charge on any atom is 0.252 e. The monoisotopic (exact) mass is 274 g/mol. The van der Waals surface area contributed by atoms with E-state index in [1.54, 1.807) is 19.1 Å². The first-order chi connectivity index (χ1) is 9.58. The van der Waals surface area contributed by atoms with Crippen molar-refractivity contribution in [2.24, 2.45) is 5.10 Å². The fourth-order valence-corrected chi connectivity index (χ4v) is 1.57. The minimum absolute atomic E-state index is 0.0577. The van der Waals surface area contributed by atoms with Crippen molar-refractivity contribution in [3.05, 3.63) is 45.9 Å². The number of anilines is 1. The van der Waals surface area contributed by atoms with Gasteiger partial charge in [0.2, 0.25) is 5.95 Å². The van der Waals surface area contributed by atoms with Gasteiger partial charge in [-0.05, 0) is 30.7 Å². The number of hydrogen-bond acceptors (Lipinski definition) is 6. The van der Waals surface area contributed by atoms with E-state index in [2.05, 4.69) is 20.5 Å². The van der Waals surface area contributed by atoms with Crippen LogP contribution in [0.2, 0.25) is 0 Å². The second-order valence-corrected chi connectivity index (χ2v) is 4.04. The van der Waals surface area contributed by atoms with E-state index in [1.807, 2.05) is 0 Å². The first-order valence-electron chi connectivity index (χ1n) is 5.82. The van der Waals surface area contributed by atoms with Crippen LogP contribution in [0.5, 0.6) is 11.5 Å². The van der Waals surface area contributed by atoms with Crippen LogP contribution in [0.3, 0.4) is 0 Å². The largest absolute Gasteiger partial charge is 0.504 e. The van der Waals surface area contributed by atoms with Crippen LogP contribution in [0.1, 0.15) is 11.3 Å². The third kappa shape index (κ3) is 3.35. The van der Waals surface area contributed by atoms with Gasteiger partial charge in [-0.25, -0.2) is 10.4 Å². The molecule has 2 rings (SSSR count). The minimum Gasteiger partial charge on any atom is -0.504 e. The Hall–Kier alpha value is -2.83. The van der Waals surface area contributed by atoms with Gasteiger partial charge >= 0.3 is 0 Å². The molecule has 1 aromatic carbocycles. The van der Waals surface area contributed by atoms with Crippen LogP contribution in [0, 0.1) is 6.92 Å². The molecule has 0 aliphatic heterocycles. The lowest BCUT2D eigenvalue weighted by molar-refractivity contribution is 0.373. The lowest BCUT2D eigenvalue weighted by atomic mass is 10.2. The molecule has 104 valence electrons. The Morgan fingerprint density at radius 2 is 2.25 bits per heavy atom. The molecule has 0 spiro atoms. The zero-order valence-electron chi connectivity index (χ0n) is 11.0. The molecule has 7 heteroatoms. The summed E-state index contributed by atoms with van der Waals surface area (Å²) in [4.78, 5) is 17.8. The summed E-state index contributed by atoms with van der Waals surface area (Å²) in [6.45, 7) is 1.72. The number of rotatable bonds is 4. The van der Waals surface area contributed by atoms with E-state index in [-0.39, 0.29) is 17.3 Å². The summed E-state index contributed by atoms with van der Waals surface area (Å²) in [5.41, 5.74) is 3.70. The molecule has 0 aliphatic rings. The molecule has 0 atom stereocenters. The van der Waals surface area contributed by atoms with Crippen LogP contribution in [-0.4, -0.2) is 28.4 Å². The fraction of sp³-hybridized carbons (Fsp3) is 0.154. The summed E-state index contributed by atoms with van der Waals surface area (Å²) in [5.74, 6) is 0.676. The summed E-state index contributed by atoms with van der Waals surface area (Å²) < 4.78 is 4.99. The third-order valence-electron chi connectivity index (χ3n) is 2.46. The molecule has 0 saturated heterocycles. The van der Waals surface area contributed by atoms with Gasteiger partial charge in [0, 0.05) is 11.8 Å². The number of aryl methyl sites for hydroxylation is 1. The van der Waals surface area contributed by atoms with Crippen LogP contribution in [-0.2, 0) is 0 Å². The number of aromatic hydroxyl groups is 1. The number of ether oxygens (including phenoxy) is 1. The van der Waals surface area contributed by atoms with Gasteiger partial charge in [-0.1, -0.05) is 0 Å². The molecular formula is C13H14N4O3. The van der Waals surface area contributed by atoms with Crippen LogP contribution >= 0.6 is 0 Å². The van der Waals surface area contributed by atoms with E-state index in [0.29, 0.717) is 11.4 Å². The fourth-order valence-electron chi connectivity index (χ4n) is 1.57. The molecular weight excluding hydrogens is 260 g/mol. The Balaban J connectivity index is 2.12. The third-order valence-corrected chi connectivity index (χ3v) is 2.46. The highest BCUT2D eigenvalue weighted by Crippen LogP contribution is 2.25. The number of hydrazone groups is 1. The van der Waals surface area contributed by atoms with Crippen molar-refractivity contribution in [1.29, 1.82) is 0 Å². The number of nitrogens with zero attached hydrogens (tertiary/aromatic N) is 2. The van der Waals surface area contributed by atoms with Crippen LogP contribution in [0.15, 0.2) is 34.2 Å². The second-order valence-electron chi connectivity index (χ2n) is 4.04. The number of benzene rings is 1. The van der Waals surface area contributed by atoms with Gasteiger partial charge in [0.1, 0.15) is 0 Å². The molecule has 3 N–H and O–H groups in total. The first-order valence-corrected chi connectivity index (χ1v) is 5.82. The highest BCUT2D eigenvalue weighted by molar-refractivity contribution is 5.81. The van der Waals surface area contributed by atoms with Gasteiger partial charge in [0.05, 0.1) is 13.3 Å². The van der Waals surface area contributed by atoms with Crippen molar-refractivity contribution < 1.29 is 9.84 Å². The minimum atomic E-state index is -0.249. The number of hydrogen-bond donors (Lipinski definition) is 3. The Kier molecular flexibility index (Phi) is 3.99. The number of aromatic nitrogens is 2. The topological polar surface area (TPSA) is 99.6 Å². The molecule has 0 saturated carbocycles. The molecule has 20 heavy (non-hydrogen) atoms. The van der Waals surface area contributed by atoms with E-state index >= 15 is 0 Å². The number of methoxy groups -OCH3 is 1. The van der Waals surface area contributed by atoms with E-state index in [1.165, 1.54) is 25.5 Å². The highest BCUT2D eigenvalue weighted by atomic mass is 16.5. The van der Waals surface area contributed by atoms with Crippen molar-refractivity contribution in [1.82, 2.24) is 9.97 Å². The van der Waals surface area contributed by atoms with Crippen molar-refractivity contribution in [2.75, 3.05) is 12.5 Å². The van der Waals surface area contributed by atoms with Gasteiger partial charge in [-0.15, -0.1) is 0 Å². The summed E-state index contributed by atoms with van der Waals surface area (Å²) >= 11 is 0. The SMILES string of the molecule is COc1cc(/C=N\Nc2nc(C)cc(=O)[nH]2)ccc1O. The molecule has 0 amide bonds. The van der Waals surface area contributed by atoms with Gasteiger partial charge < -0.3 is 9.84 Å². The van der Waals surface area contributed by atoms with Crippen LogP contribution < -0.4 is 15.7 Å². The Labute approximate surface area is 115 Å². The summed E-state index contributed by atoms with van der Waals surface area (Å²) in [5, 5.41) is 13.4. The zero-order valence-corrected chi connectivity index (χ0v) is 11.0. The molecule has 2 aromatic rings. The normalized spacial score (nSPS) is 10.7. The van der Waals surface area contributed by atoms with E-state index in [4.69, 9.17) is 4.74 Å². The van der Waals surface area contributed by atoms with Crippen molar-refractivity contribution >= 4 is 12.2 Å². The van der Waals surface area contributed by atoms with Gasteiger partial charge in [0.25, 0.3) is 5.56 Å². The number of nitrogens with one attached hydrogen (secondary N) is 2. The molecule has 1 heterocycles. The maximum atomic E-state index is 11.2. The Bertz CT molecular complexity index is 694. The number of aromatic amines is 1. The van der Waals surface area contributed by atoms with E-state index < -0.39 is 0 Å². The summed E-state index contributed by atoms with van der Waals surface area (Å²) in [6.07, 6.45) is 1.52. The zero-order chi connectivity index (χ0) is 14.5. The first kappa shape index (κ1) is 13.6. The summed E-state index contributed by atoms with van der Waals surface area (Å²) in [6, 6.07) is 6.20. The number of H-pyrrole nitrogens is 1. The van der Waals surface area contributed by atoms with Crippen molar-refractivity contribution in [3.8, 4) is 11.5 Å². The molecule has 1 aromatic heterocycles. The number of phenols is 1. The lowest BCUT2D eigenvalue weighted by Gasteiger charge is -2.03. The smallest absolute Gasteiger partial charge is 0.252 e. The molecule has 0 aliphatic carbocycles. The highest BCUT2D eigenvalue weighted by Gasteiger charge is 2.01. The average molecular weight is 274 g/mol. The lowest BCUT2D eigenvalue weighted by Crippen LogP contribution is -2.10. The molecule has 0 bridgehead atoms. The van der Waals surface area contributed by atoms with Crippen LogP contribution in [0.4, 0.5) is 5.95 Å². The molecule has 7 nitrogen and oxygen atoms in total. The Morgan fingerprint density at radius 3 is 2.95 bits per heavy atom. The van der Waals surface area contributed by atoms with Gasteiger partial charge in [-0.2, -0.15) is 5.10 Å². The average Bonchev–Trinajstić information content (AvgIpc) is 2.39.